The minimum Gasteiger partial charge on any atom is -0.396 e. The average molecular weight is 430 g/mol. The zero-order valence-corrected chi connectivity index (χ0v) is 17.8. The number of carbonyl (C=O) groups is 1. The monoisotopic (exact) mass is 429 g/mol. The average Bonchev–Trinajstić information content (AvgIpc) is 3.07. The fourth-order valence-corrected chi connectivity index (χ4v) is 3.69. The summed E-state index contributed by atoms with van der Waals surface area (Å²) in [5.41, 5.74) is 5.24. The minimum absolute atomic E-state index is 0.0406. The van der Waals surface area contributed by atoms with Crippen LogP contribution in [0.4, 0.5) is 10.1 Å². The van der Waals surface area contributed by atoms with Gasteiger partial charge in [-0.3, -0.25) is 9.48 Å². The van der Waals surface area contributed by atoms with Gasteiger partial charge in [0.1, 0.15) is 5.82 Å². The molecule has 5 nitrogen and oxygen atoms in total. The fraction of sp³-hybridized carbons (Fsp3) is 0.304. The van der Waals surface area contributed by atoms with Gasteiger partial charge in [0.15, 0.2) is 0 Å². The molecule has 0 aliphatic rings. The van der Waals surface area contributed by atoms with E-state index in [0.717, 1.165) is 35.4 Å². The van der Waals surface area contributed by atoms with Crippen LogP contribution in [0, 0.1) is 5.82 Å². The number of rotatable bonds is 8. The van der Waals surface area contributed by atoms with Gasteiger partial charge >= 0.3 is 0 Å². The van der Waals surface area contributed by atoms with Crippen molar-refractivity contribution in [3.05, 3.63) is 81.4 Å². The summed E-state index contributed by atoms with van der Waals surface area (Å²) in [4.78, 5) is 12.4. The van der Waals surface area contributed by atoms with Gasteiger partial charge in [0.05, 0.1) is 17.3 Å². The van der Waals surface area contributed by atoms with E-state index in [-0.39, 0.29) is 17.5 Å². The van der Waals surface area contributed by atoms with Crippen molar-refractivity contribution in [1.82, 2.24) is 9.78 Å². The number of aliphatic hydroxyl groups excluding tert-OH is 1. The molecule has 2 aromatic carbocycles. The van der Waals surface area contributed by atoms with E-state index in [0.29, 0.717) is 24.2 Å². The summed E-state index contributed by atoms with van der Waals surface area (Å²) < 4.78 is 15.3. The third-order valence-corrected chi connectivity index (χ3v) is 5.30. The Morgan fingerprint density at radius 1 is 1.17 bits per heavy atom. The van der Waals surface area contributed by atoms with Gasteiger partial charge in [0.25, 0.3) is 5.91 Å². The SMILES string of the molecule is CCc1nn(Cc2ccc(C(=O)Nc3ccc(F)c(Cl)c3)cc2)c(CC)c1CCO. The first kappa shape index (κ1) is 22.0. The van der Waals surface area contributed by atoms with Crippen molar-refractivity contribution in [3.8, 4) is 0 Å². The number of amides is 1. The highest BCUT2D eigenvalue weighted by atomic mass is 35.5. The molecule has 3 rings (SSSR count). The first-order valence-corrected chi connectivity index (χ1v) is 10.4. The van der Waals surface area contributed by atoms with Gasteiger partial charge in [-0.15, -0.1) is 0 Å². The Morgan fingerprint density at radius 3 is 2.50 bits per heavy atom. The summed E-state index contributed by atoms with van der Waals surface area (Å²) in [5.74, 6) is -0.825. The number of nitrogens with zero attached hydrogens (tertiary/aromatic N) is 2. The van der Waals surface area contributed by atoms with Crippen LogP contribution in [0.5, 0.6) is 0 Å². The summed E-state index contributed by atoms with van der Waals surface area (Å²) >= 11 is 5.76. The smallest absolute Gasteiger partial charge is 0.255 e. The van der Waals surface area contributed by atoms with Crippen molar-refractivity contribution in [1.29, 1.82) is 0 Å². The molecule has 0 aliphatic heterocycles. The first-order chi connectivity index (χ1) is 14.5. The lowest BCUT2D eigenvalue weighted by atomic mass is 10.1. The third kappa shape index (κ3) is 4.89. The number of aliphatic hydroxyl groups is 1. The van der Waals surface area contributed by atoms with Gasteiger partial charge in [-0.05, 0) is 60.7 Å². The standard InChI is InChI=1S/C23H25ClFN3O2/c1-3-21-18(11-12-29)22(4-2)28(27-21)14-15-5-7-16(8-6-15)23(30)26-17-9-10-20(25)19(24)13-17/h5-10,13,29H,3-4,11-12,14H2,1-2H3,(H,26,30). The molecule has 2 N–H and O–H groups in total. The number of halogens is 2. The number of carbonyl (C=O) groups excluding carboxylic acids is 1. The maximum Gasteiger partial charge on any atom is 0.255 e. The van der Waals surface area contributed by atoms with Crippen LogP contribution in [0.2, 0.25) is 5.02 Å². The normalized spacial score (nSPS) is 11.0. The molecule has 0 atom stereocenters. The van der Waals surface area contributed by atoms with E-state index in [1.807, 2.05) is 16.8 Å². The lowest BCUT2D eigenvalue weighted by molar-refractivity contribution is 0.102. The highest BCUT2D eigenvalue weighted by molar-refractivity contribution is 6.31. The van der Waals surface area contributed by atoms with E-state index in [9.17, 15) is 14.3 Å². The number of hydrogen-bond donors (Lipinski definition) is 2. The number of hydrogen-bond acceptors (Lipinski definition) is 3. The van der Waals surface area contributed by atoms with E-state index in [1.165, 1.54) is 18.2 Å². The van der Waals surface area contributed by atoms with Crippen LogP contribution in [0.3, 0.4) is 0 Å². The molecular formula is C23H25ClFN3O2. The molecule has 1 amide bonds. The van der Waals surface area contributed by atoms with Crippen molar-refractivity contribution >= 4 is 23.2 Å². The number of aryl methyl sites for hydroxylation is 1. The second-order valence-corrected chi connectivity index (χ2v) is 7.40. The summed E-state index contributed by atoms with van der Waals surface area (Å²) in [6.07, 6.45) is 2.27. The van der Waals surface area contributed by atoms with Crippen molar-refractivity contribution in [2.24, 2.45) is 0 Å². The quantitative estimate of drug-likeness (QED) is 0.548. The van der Waals surface area contributed by atoms with Crippen LogP contribution < -0.4 is 5.32 Å². The summed E-state index contributed by atoms with van der Waals surface area (Å²) in [7, 11) is 0. The number of nitrogens with one attached hydrogen (secondary N) is 1. The molecule has 0 saturated heterocycles. The van der Waals surface area contributed by atoms with Crippen molar-refractivity contribution in [2.75, 3.05) is 11.9 Å². The van der Waals surface area contributed by atoms with Gasteiger partial charge in [-0.25, -0.2) is 4.39 Å². The molecule has 1 aromatic heterocycles. The maximum atomic E-state index is 13.3. The Balaban J connectivity index is 1.74. The maximum absolute atomic E-state index is 13.3. The zero-order chi connectivity index (χ0) is 21.7. The van der Waals surface area contributed by atoms with E-state index >= 15 is 0 Å². The number of anilines is 1. The molecule has 0 fully saturated rings. The second kappa shape index (κ2) is 9.87. The van der Waals surface area contributed by atoms with Gasteiger partial charge < -0.3 is 10.4 Å². The van der Waals surface area contributed by atoms with Crippen LogP contribution in [-0.4, -0.2) is 27.4 Å². The van der Waals surface area contributed by atoms with Crippen LogP contribution >= 0.6 is 11.6 Å². The van der Waals surface area contributed by atoms with Gasteiger partial charge in [0.2, 0.25) is 0 Å². The largest absolute Gasteiger partial charge is 0.396 e. The molecule has 158 valence electrons. The Hall–Kier alpha value is -2.70. The molecule has 3 aromatic rings. The van der Waals surface area contributed by atoms with E-state index in [1.54, 1.807) is 12.1 Å². The molecule has 0 unspecified atom stereocenters. The Morgan fingerprint density at radius 2 is 1.90 bits per heavy atom. The van der Waals surface area contributed by atoms with Crippen LogP contribution in [-0.2, 0) is 25.8 Å². The predicted octanol–water partition coefficient (Wildman–Crippen LogP) is 4.64. The first-order valence-electron chi connectivity index (χ1n) is 10.00. The van der Waals surface area contributed by atoms with Crippen molar-refractivity contribution in [2.45, 2.75) is 39.7 Å². The van der Waals surface area contributed by atoms with Crippen LogP contribution in [0.25, 0.3) is 0 Å². The third-order valence-electron chi connectivity index (χ3n) is 5.01. The van der Waals surface area contributed by atoms with Gasteiger partial charge in [-0.1, -0.05) is 37.6 Å². The van der Waals surface area contributed by atoms with Gasteiger partial charge in [0, 0.05) is 23.6 Å². The van der Waals surface area contributed by atoms with Gasteiger partial charge in [-0.2, -0.15) is 5.10 Å². The minimum atomic E-state index is -0.530. The summed E-state index contributed by atoms with van der Waals surface area (Å²) in [6.45, 7) is 4.85. The highest BCUT2D eigenvalue weighted by Gasteiger charge is 2.15. The Kier molecular flexibility index (Phi) is 7.24. The molecule has 0 bridgehead atoms. The van der Waals surface area contributed by atoms with Crippen molar-refractivity contribution in [3.63, 3.8) is 0 Å². The van der Waals surface area contributed by atoms with Crippen molar-refractivity contribution < 1.29 is 14.3 Å². The van der Waals surface area contributed by atoms with Crippen LogP contribution in [0.15, 0.2) is 42.5 Å². The molecule has 7 heteroatoms. The summed E-state index contributed by atoms with van der Waals surface area (Å²) in [6, 6.07) is 11.3. The molecule has 1 heterocycles. The molecule has 0 saturated carbocycles. The second-order valence-electron chi connectivity index (χ2n) is 6.99. The molecular weight excluding hydrogens is 405 g/mol. The number of aromatic nitrogens is 2. The fourth-order valence-electron chi connectivity index (χ4n) is 3.51. The van der Waals surface area contributed by atoms with Crippen LogP contribution in [0.1, 0.15) is 46.7 Å². The lowest BCUT2D eigenvalue weighted by Gasteiger charge is -2.09. The number of benzene rings is 2. The highest BCUT2D eigenvalue weighted by Crippen LogP contribution is 2.21. The lowest BCUT2D eigenvalue weighted by Crippen LogP contribution is -2.12. The Labute approximate surface area is 180 Å². The molecule has 30 heavy (non-hydrogen) atoms. The molecule has 0 aliphatic carbocycles. The predicted molar refractivity (Wildman–Crippen MR) is 117 cm³/mol. The topological polar surface area (TPSA) is 67.2 Å². The van der Waals surface area contributed by atoms with E-state index < -0.39 is 5.82 Å². The van der Waals surface area contributed by atoms with E-state index in [4.69, 9.17) is 16.7 Å². The zero-order valence-electron chi connectivity index (χ0n) is 17.1. The Bertz CT molecular complexity index is 1030. The molecule has 0 radical (unpaired) electrons. The summed E-state index contributed by atoms with van der Waals surface area (Å²) in [5, 5.41) is 16.8. The van der Waals surface area contributed by atoms with E-state index in [2.05, 4.69) is 19.2 Å². The molecule has 0 spiro atoms.